The Balaban J connectivity index is 1.75. The highest BCUT2D eigenvalue weighted by atomic mass is 35.5. The van der Waals surface area contributed by atoms with Gasteiger partial charge in [-0.1, -0.05) is 23.7 Å². The van der Waals surface area contributed by atoms with Crippen molar-refractivity contribution in [2.24, 2.45) is 0 Å². The number of benzene rings is 2. The van der Waals surface area contributed by atoms with Crippen molar-refractivity contribution in [1.29, 1.82) is 0 Å². The van der Waals surface area contributed by atoms with Gasteiger partial charge >= 0.3 is 5.97 Å². The second kappa shape index (κ2) is 9.77. The van der Waals surface area contributed by atoms with Crippen molar-refractivity contribution in [3.8, 4) is 0 Å². The minimum Gasteiger partial charge on any atom is -0.507 e. The van der Waals surface area contributed by atoms with E-state index in [0.29, 0.717) is 34.8 Å². The number of nitrogens with zero attached hydrogens (tertiary/aromatic N) is 2. The maximum absolute atomic E-state index is 13.1. The lowest BCUT2D eigenvalue weighted by atomic mass is 9.94. The third-order valence-corrected chi connectivity index (χ3v) is 6.41. The Labute approximate surface area is 197 Å². The summed E-state index contributed by atoms with van der Waals surface area (Å²) >= 11 is 5.96. The summed E-state index contributed by atoms with van der Waals surface area (Å²) in [5.41, 5.74) is 1.40. The number of rotatable bonds is 6. The predicted molar refractivity (Wildman–Crippen MR) is 124 cm³/mol. The molecule has 0 bridgehead atoms. The number of carbonyl (C=O) groups is 3. The van der Waals surface area contributed by atoms with Crippen molar-refractivity contribution >= 4 is 35.0 Å². The molecule has 4 rings (SSSR count). The van der Waals surface area contributed by atoms with Gasteiger partial charge in [0, 0.05) is 23.7 Å². The summed E-state index contributed by atoms with van der Waals surface area (Å²) in [6.07, 6.45) is 2.24. The molecule has 2 heterocycles. The van der Waals surface area contributed by atoms with E-state index < -0.39 is 23.7 Å². The second-order valence-electron chi connectivity index (χ2n) is 8.16. The van der Waals surface area contributed by atoms with E-state index in [4.69, 9.17) is 16.3 Å². The smallest absolute Gasteiger partial charge is 0.337 e. The van der Waals surface area contributed by atoms with Gasteiger partial charge < -0.3 is 19.6 Å². The number of hydrogen-bond donors (Lipinski definition) is 1. The van der Waals surface area contributed by atoms with Crippen LogP contribution in [0.5, 0.6) is 0 Å². The quantitative estimate of drug-likeness (QED) is 0.301. The first-order valence-corrected chi connectivity index (χ1v) is 11.2. The van der Waals surface area contributed by atoms with Crippen molar-refractivity contribution in [2.75, 3.05) is 33.3 Å². The average molecular weight is 469 g/mol. The highest BCUT2D eigenvalue weighted by Gasteiger charge is 2.46. The molecule has 172 valence electrons. The van der Waals surface area contributed by atoms with Crippen molar-refractivity contribution in [2.45, 2.75) is 18.9 Å². The Hall–Kier alpha value is -3.16. The van der Waals surface area contributed by atoms with Gasteiger partial charge in [-0.25, -0.2) is 4.79 Å². The molecular weight excluding hydrogens is 444 g/mol. The molecule has 8 heteroatoms. The third kappa shape index (κ3) is 4.65. The standard InChI is InChI=1S/C25H25ClN2O5/c1-33-25(32)18-6-4-16(5-7-18)21-20(22(29)17-8-10-19(26)11-9-17)23(30)24(31)28(21)15-14-27-12-2-3-13-27/h4-11,21,29H,2-3,12-15H2,1H3/b22-20+. The highest BCUT2D eigenvalue weighted by Crippen LogP contribution is 2.39. The number of ether oxygens (including phenoxy) is 1. The fourth-order valence-corrected chi connectivity index (χ4v) is 4.52. The van der Waals surface area contributed by atoms with Crippen LogP contribution in [0, 0.1) is 0 Å². The summed E-state index contributed by atoms with van der Waals surface area (Å²) in [7, 11) is 1.30. The zero-order valence-electron chi connectivity index (χ0n) is 18.3. The number of carbonyl (C=O) groups excluding carboxylic acids is 3. The summed E-state index contributed by atoms with van der Waals surface area (Å²) in [6.45, 7) is 2.93. The van der Waals surface area contributed by atoms with Crippen molar-refractivity contribution in [1.82, 2.24) is 9.80 Å². The summed E-state index contributed by atoms with van der Waals surface area (Å²) in [5.74, 6) is -2.11. The van der Waals surface area contributed by atoms with Crippen molar-refractivity contribution < 1.29 is 24.2 Å². The zero-order chi connectivity index (χ0) is 23.5. The van der Waals surface area contributed by atoms with Gasteiger partial charge in [-0.15, -0.1) is 0 Å². The van der Waals surface area contributed by atoms with Crippen molar-refractivity contribution in [3.05, 3.63) is 75.8 Å². The SMILES string of the molecule is COC(=O)c1ccc(C2/C(=C(\O)c3ccc(Cl)cc3)C(=O)C(=O)N2CCN2CCCC2)cc1. The Morgan fingerprint density at radius 3 is 2.21 bits per heavy atom. The second-order valence-corrected chi connectivity index (χ2v) is 8.60. The maximum atomic E-state index is 13.1. The predicted octanol–water partition coefficient (Wildman–Crippen LogP) is 3.64. The average Bonchev–Trinajstić information content (AvgIpc) is 3.44. The monoisotopic (exact) mass is 468 g/mol. The van der Waals surface area contributed by atoms with Crippen molar-refractivity contribution in [3.63, 3.8) is 0 Å². The minimum absolute atomic E-state index is 0.0227. The Morgan fingerprint density at radius 2 is 1.61 bits per heavy atom. The molecule has 0 spiro atoms. The number of amides is 1. The fraction of sp³-hybridized carbons (Fsp3) is 0.320. The van der Waals surface area contributed by atoms with Crippen LogP contribution in [-0.2, 0) is 14.3 Å². The Bertz CT molecular complexity index is 1090. The third-order valence-electron chi connectivity index (χ3n) is 6.16. The van der Waals surface area contributed by atoms with Gasteiger partial charge in [-0.05, 0) is 67.9 Å². The lowest BCUT2D eigenvalue weighted by Gasteiger charge is -2.27. The lowest BCUT2D eigenvalue weighted by molar-refractivity contribution is -0.140. The fourth-order valence-electron chi connectivity index (χ4n) is 4.40. The summed E-state index contributed by atoms with van der Waals surface area (Å²) in [5, 5.41) is 11.6. The molecule has 7 nitrogen and oxygen atoms in total. The molecule has 2 aromatic rings. The number of methoxy groups -OCH3 is 1. The van der Waals surface area contributed by atoms with Gasteiger partial charge in [-0.3, -0.25) is 9.59 Å². The Morgan fingerprint density at radius 1 is 1.00 bits per heavy atom. The number of aliphatic hydroxyl groups is 1. The van der Waals surface area contributed by atoms with Crippen LogP contribution in [-0.4, -0.2) is 65.9 Å². The normalized spacial score (nSPS) is 20.4. The van der Waals surface area contributed by atoms with E-state index in [-0.39, 0.29) is 11.3 Å². The number of ketones is 1. The highest BCUT2D eigenvalue weighted by molar-refractivity contribution is 6.46. The topological polar surface area (TPSA) is 87.1 Å². The van der Waals surface area contributed by atoms with E-state index in [1.54, 1.807) is 48.5 Å². The summed E-state index contributed by atoms with van der Waals surface area (Å²) in [6, 6.07) is 12.2. The maximum Gasteiger partial charge on any atom is 0.337 e. The van der Waals surface area contributed by atoms with Crippen LogP contribution in [0.4, 0.5) is 0 Å². The van der Waals surface area contributed by atoms with Crippen LogP contribution >= 0.6 is 11.6 Å². The molecule has 0 saturated carbocycles. The molecular formula is C25H25ClN2O5. The van der Waals surface area contributed by atoms with Crippen LogP contribution in [0.2, 0.25) is 5.02 Å². The lowest BCUT2D eigenvalue weighted by Crippen LogP contribution is -2.37. The molecule has 0 aliphatic carbocycles. The molecule has 2 fully saturated rings. The molecule has 2 aliphatic rings. The molecule has 2 aromatic carbocycles. The first kappa shape index (κ1) is 23.0. The van der Waals surface area contributed by atoms with E-state index in [9.17, 15) is 19.5 Å². The molecule has 1 amide bonds. The molecule has 2 saturated heterocycles. The van der Waals surface area contributed by atoms with Gasteiger partial charge in [0.15, 0.2) is 0 Å². The summed E-state index contributed by atoms with van der Waals surface area (Å²) < 4.78 is 4.76. The van der Waals surface area contributed by atoms with E-state index in [0.717, 1.165) is 25.9 Å². The first-order valence-electron chi connectivity index (χ1n) is 10.9. The number of halogens is 1. The molecule has 2 aliphatic heterocycles. The number of aliphatic hydroxyl groups excluding tert-OH is 1. The van der Waals surface area contributed by atoms with Crippen LogP contribution in [0.25, 0.3) is 5.76 Å². The molecule has 33 heavy (non-hydrogen) atoms. The summed E-state index contributed by atoms with van der Waals surface area (Å²) in [4.78, 5) is 41.7. The van der Waals surface area contributed by atoms with E-state index >= 15 is 0 Å². The van der Waals surface area contributed by atoms with Gasteiger partial charge in [0.05, 0.1) is 24.3 Å². The largest absolute Gasteiger partial charge is 0.507 e. The van der Waals surface area contributed by atoms with Crippen LogP contribution in [0.1, 0.15) is 40.4 Å². The van der Waals surface area contributed by atoms with E-state index in [2.05, 4.69) is 4.90 Å². The number of likely N-dealkylation sites (tertiary alicyclic amines) is 2. The number of Topliss-reactive ketones (excluding diaryl/α,β-unsaturated/α-hetero) is 1. The van der Waals surface area contributed by atoms with Gasteiger partial charge in [0.25, 0.3) is 11.7 Å². The first-order chi connectivity index (χ1) is 15.9. The Kier molecular flexibility index (Phi) is 6.81. The molecule has 1 atom stereocenters. The zero-order valence-corrected chi connectivity index (χ0v) is 19.0. The van der Waals surface area contributed by atoms with E-state index in [1.165, 1.54) is 12.0 Å². The molecule has 1 unspecified atom stereocenters. The number of hydrogen-bond acceptors (Lipinski definition) is 6. The van der Waals surface area contributed by atoms with E-state index in [1.807, 2.05) is 0 Å². The van der Waals surface area contributed by atoms with Gasteiger partial charge in [0.1, 0.15) is 5.76 Å². The van der Waals surface area contributed by atoms with Crippen LogP contribution in [0.15, 0.2) is 54.1 Å². The van der Waals surface area contributed by atoms with Gasteiger partial charge in [0.2, 0.25) is 0 Å². The van der Waals surface area contributed by atoms with Crippen LogP contribution < -0.4 is 0 Å². The molecule has 0 aromatic heterocycles. The van der Waals surface area contributed by atoms with Gasteiger partial charge in [-0.2, -0.15) is 0 Å². The molecule has 0 radical (unpaired) electrons. The molecule has 1 N–H and O–H groups in total. The van der Waals surface area contributed by atoms with Crippen LogP contribution in [0.3, 0.4) is 0 Å². The number of esters is 1. The minimum atomic E-state index is -0.769.